The van der Waals surface area contributed by atoms with E-state index in [1.54, 1.807) is 18.4 Å². The Kier molecular flexibility index (Phi) is 4.47. The molecular weight excluding hydrogens is 196 g/mol. The highest BCUT2D eigenvalue weighted by molar-refractivity contribution is 7.10. The van der Waals surface area contributed by atoms with Crippen molar-refractivity contribution in [2.24, 2.45) is 5.84 Å². The van der Waals surface area contributed by atoms with E-state index in [0.717, 1.165) is 17.0 Å². The summed E-state index contributed by atoms with van der Waals surface area (Å²) in [5.74, 6) is 12.2. The van der Waals surface area contributed by atoms with Crippen molar-refractivity contribution in [3.8, 4) is 17.6 Å². The first-order valence-corrected chi connectivity index (χ1v) is 5.18. The molecule has 0 aromatic carbocycles. The van der Waals surface area contributed by atoms with Crippen LogP contribution in [0, 0.1) is 11.8 Å². The van der Waals surface area contributed by atoms with Crippen LogP contribution in [0.2, 0.25) is 0 Å². The van der Waals surface area contributed by atoms with E-state index in [-0.39, 0.29) is 6.04 Å². The van der Waals surface area contributed by atoms with Gasteiger partial charge in [0, 0.05) is 16.7 Å². The smallest absolute Gasteiger partial charge is 0.129 e. The summed E-state index contributed by atoms with van der Waals surface area (Å²) in [6.07, 6.45) is 0.719. The van der Waals surface area contributed by atoms with Crippen molar-refractivity contribution < 1.29 is 4.74 Å². The van der Waals surface area contributed by atoms with Crippen molar-refractivity contribution in [3.63, 3.8) is 0 Å². The molecule has 0 radical (unpaired) electrons. The quantitative estimate of drug-likeness (QED) is 0.451. The van der Waals surface area contributed by atoms with Crippen LogP contribution in [0.1, 0.15) is 24.3 Å². The fraction of sp³-hybridized carbons (Fsp3) is 0.400. The Morgan fingerprint density at radius 1 is 1.71 bits per heavy atom. The van der Waals surface area contributed by atoms with E-state index in [9.17, 15) is 0 Å². The zero-order valence-electron chi connectivity index (χ0n) is 8.33. The third-order valence-corrected chi connectivity index (χ3v) is 2.88. The molecule has 14 heavy (non-hydrogen) atoms. The van der Waals surface area contributed by atoms with Crippen LogP contribution in [0.5, 0.6) is 5.75 Å². The van der Waals surface area contributed by atoms with Gasteiger partial charge in [0.05, 0.1) is 13.2 Å². The Bertz CT molecular complexity index is 337. The minimum atomic E-state index is 0.0938. The number of rotatable bonds is 4. The molecule has 0 amide bonds. The Balaban J connectivity index is 2.71. The molecule has 0 spiro atoms. The molecule has 1 atom stereocenters. The van der Waals surface area contributed by atoms with Crippen molar-refractivity contribution in [3.05, 3.63) is 16.3 Å². The number of hydrazine groups is 1. The van der Waals surface area contributed by atoms with Gasteiger partial charge in [-0.15, -0.1) is 23.2 Å². The van der Waals surface area contributed by atoms with Crippen molar-refractivity contribution >= 4 is 11.3 Å². The number of thiophene rings is 1. The van der Waals surface area contributed by atoms with E-state index in [0.29, 0.717) is 0 Å². The summed E-state index contributed by atoms with van der Waals surface area (Å²) in [7, 11) is 1.66. The second-order valence-corrected chi connectivity index (χ2v) is 3.68. The Morgan fingerprint density at radius 2 is 2.50 bits per heavy atom. The average Bonchev–Trinajstić information content (AvgIpc) is 2.68. The molecule has 0 aliphatic rings. The van der Waals surface area contributed by atoms with E-state index in [2.05, 4.69) is 17.3 Å². The molecule has 3 N–H and O–H groups in total. The van der Waals surface area contributed by atoms with Crippen molar-refractivity contribution in [2.75, 3.05) is 7.11 Å². The van der Waals surface area contributed by atoms with E-state index in [4.69, 9.17) is 10.6 Å². The van der Waals surface area contributed by atoms with Gasteiger partial charge in [0.1, 0.15) is 5.75 Å². The van der Waals surface area contributed by atoms with E-state index in [1.165, 1.54) is 0 Å². The van der Waals surface area contributed by atoms with Gasteiger partial charge in [-0.25, -0.2) is 0 Å². The second-order valence-electron chi connectivity index (χ2n) is 2.74. The third-order valence-electron chi connectivity index (χ3n) is 1.86. The maximum absolute atomic E-state index is 5.44. The van der Waals surface area contributed by atoms with Crippen molar-refractivity contribution in [2.45, 2.75) is 19.4 Å². The molecule has 76 valence electrons. The van der Waals surface area contributed by atoms with Gasteiger partial charge in [-0.2, -0.15) is 0 Å². The first-order valence-electron chi connectivity index (χ1n) is 4.30. The van der Waals surface area contributed by atoms with Crippen LogP contribution in [-0.4, -0.2) is 7.11 Å². The van der Waals surface area contributed by atoms with Crippen LogP contribution in [0.3, 0.4) is 0 Å². The zero-order valence-corrected chi connectivity index (χ0v) is 9.15. The molecule has 1 aromatic heterocycles. The van der Waals surface area contributed by atoms with E-state index < -0.39 is 0 Å². The lowest BCUT2D eigenvalue weighted by molar-refractivity contribution is 0.416. The molecule has 1 rings (SSSR count). The topological polar surface area (TPSA) is 47.3 Å². The van der Waals surface area contributed by atoms with Crippen molar-refractivity contribution in [1.82, 2.24) is 5.43 Å². The molecule has 0 saturated heterocycles. The standard InChI is InChI=1S/C10H14N2OS/c1-3-4-5-9(12-11)10-6-8(13-2)7-14-10/h6-7,9,12H,5,11H2,1-2H3. The molecule has 1 unspecified atom stereocenters. The molecule has 1 aromatic rings. The third kappa shape index (κ3) is 2.74. The van der Waals surface area contributed by atoms with E-state index >= 15 is 0 Å². The lowest BCUT2D eigenvalue weighted by Gasteiger charge is -2.09. The van der Waals surface area contributed by atoms with Gasteiger partial charge < -0.3 is 4.74 Å². The van der Waals surface area contributed by atoms with Gasteiger partial charge in [0.2, 0.25) is 0 Å². The molecule has 0 aliphatic heterocycles. The van der Waals surface area contributed by atoms with Crippen LogP contribution in [-0.2, 0) is 0 Å². The number of nitrogens with two attached hydrogens (primary N) is 1. The summed E-state index contributed by atoms with van der Waals surface area (Å²) in [6.45, 7) is 1.82. The zero-order chi connectivity index (χ0) is 10.4. The summed E-state index contributed by atoms with van der Waals surface area (Å²) >= 11 is 1.62. The lowest BCUT2D eigenvalue weighted by atomic mass is 10.2. The molecule has 3 nitrogen and oxygen atoms in total. The summed E-state index contributed by atoms with van der Waals surface area (Å²) in [5, 5.41) is 1.96. The predicted molar refractivity (Wildman–Crippen MR) is 59.0 cm³/mol. The van der Waals surface area contributed by atoms with Gasteiger partial charge in [0.25, 0.3) is 0 Å². The van der Waals surface area contributed by atoms with Crippen LogP contribution >= 0.6 is 11.3 Å². The van der Waals surface area contributed by atoms with Gasteiger partial charge in [-0.05, 0) is 13.0 Å². The fourth-order valence-electron chi connectivity index (χ4n) is 1.07. The Hall–Kier alpha value is -1.02. The molecule has 0 aliphatic carbocycles. The second kappa shape index (κ2) is 5.66. The van der Waals surface area contributed by atoms with Gasteiger partial charge >= 0.3 is 0 Å². The summed E-state index contributed by atoms with van der Waals surface area (Å²) in [6, 6.07) is 2.07. The molecule has 0 fully saturated rings. The summed E-state index contributed by atoms with van der Waals surface area (Å²) < 4.78 is 5.10. The summed E-state index contributed by atoms with van der Waals surface area (Å²) in [5.41, 5.74) is 2.74. The SMILES string of the molecule is CC#CCC(NN)c1cc(OC)cs1. The highest BCUT2D eigenvalue weighted by Gasteiger charge is 2.10. The Morgan fingerprint density at radius 3 is 3.00 bits per heavy atom. The van der Waals surface area contributed by atoms with Crippen LogP contribution in [0.25, 0.3) is 0 Å². The van der Waals surface area contributed by atoms with Gasteiger partial charge in [-0.3, -0.25) is 11.3 Å². The Labute approximate surface area is 88.2 Å². The number of methoxy groups -OCH3 is 1. The molecule has 0 bridgehead atoms. The predicted octanol–water partition coefficient (Wildman–Crippen LogP) is 1.67. The number of ether oxygens (including phenoxy) is 1. The minimum Gasteiger partial charge on any atom is -0.496 e. The number of hydrogen-bond acceptors (Lipinski definition) is 4. The van der Waals surface area contributed by atoms with Crippen LogP contribution in [0.4, 0.5) is 0 Å². The number of hydrogen-bond donors (Lipinski definition) is 2. The molecule has 0 saturated carbocycles. The molecule has 4 heteroatoms. The normalized spacial score (nSPS) is 11.6. The van der Waals surface area contributed by atoms with Gasteiger partial charge in [0.15, 0.2) is 0 Å². The molecular formula is C10H14N2OS. The fourth-order valence-corrected chi connectivity index (χ4v) is 1.99. The molecule has 1 heterocycles. The highest BCUT2D eigenvalue weighted by atomic mass is 32.1. The van der Waals surface area contributed by atoms with Gasteiger partial charge in [-0.1, -0.05) is 0 Å². The first kappa shape index (κ1) is 11.1. The highest BCUT2D eigenvalue weighted by Crippen LogP contribution is 2.27. The average molecular weight is 210 g/mol. The lowest BCUT2D eigenvalue weighted by Crippen LogP contribution is -2.26. The minimum absolute atomic E-state index is 0.0938. The maximum atomic E-state index is 5.44. The first-order chi connectivity index (χ1) is 6.81. The monoisotopic (exact) mass is 210 g/mol. The summed E-state index contributed by atoms with van der Waals surface area (Å²) in [4.78, 5) is 1.15. The largest absolute Gasteiger partial charge is 0.496 e. The van der Waals surface area contributed by atoms with Crippen LogP contribution in [0.15, 0.2) is 11.4 Å². The maximum Gasteiger partial charge on any atom is 0.129 e. The number of nitrogens with one attached hydrogen (secondary N) is 1. The van der Waals surface area contributed by atoms with E-state index in [1.807, 2.05) is 18.4 Å². The van der Waals surface area contributed by atoms with Crippen LogP contribution < -0.4 is 16.0 Å². The van der Waals surface area contributed by atoms with Crippen molar-refractivity contribution in [1.29, 1.82) is 0 Å².